The van der Waals surface area contributed by atoms with Crippen LogP contribution in [0.2, 0.25) is 0 Å². The van der Waals surface area contributed by atoms with Crippen LogP contribution in [-0.4, -0.2) is 54.5 Å². The lowest BCUT2D eigenvalue weighted by atomic mass is 10.2. The van der Waals surface area contributed by atoms with Crippen molar-refractivity contribution in [3.63, 3.8) is 0 Å². The molecule has 8 heteroatoms. The Balaban J connectivity index is 1.36. The molecule has 0 aliphatic carbocycles. The minimum Gasteiger partial charge on any atom is -0.448 e. The van der Waals surface area contributed by atoms with E-state index in [1.165, 1.54) is 6.92 Å². The maximum Gasteiger partial charge on any atom is 0.360 e. The quantitative estimate of drug-likeness (QED) is 0.646. The Hall–Kier alpha value is -3.39. The fourth-order valence-electron chi connectivity index (χ4n) is 3.21. The first-order valence-electron chi connectivity index (χ1n) is 9.49. The Bertz CT molecular complexity index is 1010. The minimum absolute atomic E-state index is 0.162. The van der Waals surface area contributed by atoms with Crippen LogP contribution < -0.4 is 10.2 Å². The first-order chi connectivity index (χ1) is 14.1. The Morgan fingerprint density at radius 3 is 2.62 bits per heavy atom. The van der Waals surface area contributed by atoms with Gasteiger partial charge in [0.05, 0.1) is 18.7 Å². The lowest BCUT2D eigenvalue weighted by molar-refractivity contribution is -0.123. The van der Waals surface area contributed by atoms with E-state index in [-0.39, 0.29) is 5.69 Å². The van der Waals surface area contributed by atoms with Crippen molar-refractivity contribution < 1.29 is 19.1 Å². The van der Waals surface area contributed by atoms with Gasteiger partial charge in [0.25, 0.3) is 5.91 Å². The summed E-state index contributed by atoms with van der Waals surface area (Å²) in [4.78, 5) is 27.1. The lowest BCUT2D eigenvalue weighted by Gasteiger charge is -2.28. The van der Waals surface area contributed by atoms with Crippen molar-refractivity contribution in [1.82, 2.24) is 10.2 Å². The van der Waals surface area contributed by atoms with Gasteiger partial charge in [-0.15, -0.1) is 0 Å². The number of ether oxygens (including phenoxy) is 2. The number of amides is 1. The molecule has 29 heavy (non-hydrogen) atoms. The maximum atomic E-state index is 12.4. The maximum absolute atomic E-state index is 12.4. The molecule has 150 valence electrons. The van der Waals surface area contributed by atoms with Crippen LogP contribution in [0, 0.1) is 0 Å². The Labute approximate surface area is 167 Å². The molecule has 2 heterocycles. The molecule has 0 saturated carbocycles. The Morgan fingerprint density at radius 1 is 1.14 bits per heavy atom. The number of morpholine rings is 1. The van der Waals surface area contributed by atoms with E-state index < -0.39 is 18.0 Å². The third kappa shape index (κ3) is 4.22. The van der Waals surface area contributed by atoms with Crippen LogP contribution in [0.3, 0.4) is 0 Å². The first-order valence-corrected chi connectivity index (χ1v) is 9.49. The second kappa shape index (κ2) is 8.32. The number of aromatic amines is 1. The van der Waals surface area contributed by atoms with Gasteiger partial charge in [-0.2, -0.15) is 5.10 Å². The van der Waals surface area contributed by atoms with Crippen LogP contribution in [0.4, 0.5) is 11.4 Å². The van der Waals surface area contributed by atoms with Gasteiger partial charge in [0, 0.05) is 29.9 Å². The number of benzene rings is 2. The molecule has 1 aromatic heterocycles. The molecular weight excluding hydrogens is 372 g/mol. The third-order valence-electron chi connectivity index (χ3n) is 4.83. The Morgan fingerprint density at radius 2 is 1.86 bits per heavy atom. The van der Waals surface area contributed by atoms with E-state index in [2.05, 4.69) is 20.4 Å². The summed E-state index contributed by atoms with van der Waals surface area (Å²) in [6.45, 7) is 4.66. The average molecular weight is 394 g/mol. The number of H-pyrrole nitrogens is 1. The number of fused-ring (bicyclic) bond motifs is 1. The number of anilines is 2. The topological polar surface area (TPSA) is 96.5 Å². The van der Waals surface area contributed by atoms with E-state index >= 15 is 0 Å². The van der Waals surface area contributed by atoms with E-state index in [0.29, 0.717) is 24.3 Å². The van der Waals surface area contributed by atoms with Gasteiger partial charge in [0.15, 0.2) is 11.8 Å². The van der Waals surface area contributed by atoms with E-state index in [1.807, 2.05) is 42.5 Å². The van der Waals surface area contributed by atoms with Crippen molar-refractivity contribution in [3.8, 4) is 0 Å². The molecule has 0 radical (unpaired) electrons. The highest BCUT2D eigenvalue weighted by Gasteiger charge is 2.22. The zero-order valence-corrected chi connectivity index (χ0v) is 16.1. The molecule has 2 aromatic carbocycles. The highest BCUT2D eigenvalue weighted by Crippen LogP contribution is 2.20. The summed E-state index contributed by atoms with van der Waals surface area (Å²) in [5.74, 6) is -1.05. The lowest BCUT2D eigenvalue weighted by Crippen LogP contribution is -2.36. The number of nitrogens with zero attached hydrogens (tertiary/aromatic N) is 2. The predicted octanol–water partition coefficient (Wildman–Crippen LogP) is 2.58. The van der Waals surface area contributed by atoms with Crippen LogP contribution >= 0.6 is 0 Å². The number of nitrogens with one attached hydrogen (secondary N) is 2. The summed E-state index contributed by atoms with van der Waals surface area (Å²) in [6, 6.07) is 14.8. The highest BCUT2D eigenvalue weighted by atomic mass is 16.5. The van der Waals surface area contributed by atoms with Gasteiger partial charge in [-0.05, 0) is 37.3 Å². The van der Waals surface area contributed by atoms with Crippen molar-refractivity contribution in [1.29, 1.82) is 0 Å². The normalized spacial score (nSPS) is 15.1. The van der Waals surface area contributed by atoms with Crippen LogP contribution in [0.25, 0.3) is 10.9 Å². The van der Waals surface area contributed by atoms with Gasteiger partial charge in [-0.3, -0.25) is 9.89 Å². The number of esters is 1. The van der Waals surface area contributed by atoms with Crippen LogP contribution in [0.1, 0.15) is 17.4 Å². The largest absolute Gasteiger partial charge is 0.448 e. The SMILES string of the molecule is CC(OC(=O)c1n[nH]c2ccccc12)C(=O)Nc1ccc(N2CCOCC2)cc1. The number of carbonyl (C=O) groups is 2. The summed E-state index contributed by atoms with van der Waals surface area (Å²) < 4.78 is 10.7. The van der Waals surface area contributed by atoms with Crippen molar-refractivity contribution in [2.75, 3.05) is 36.5 Å². The molecule has 1 fully saturated rings. The second-order valence-corrected chi connectivity index (χ2v) is 6.80. The Kier molecular flexibility index (Phi) is 5.44. The second-order valence-electron chi connectivity index (χ2n) is 6.80. The monoisotopic (exact) mass is 394 g/mol. The van der Waals surface area contributed by atoms with Crippen molar-refractivity contribution >= 4 is 34.2 Å². The molecule has 1 saturated heterocycles. The number of carbonyl (C=O) groups excluding carboxylic acids is 2. The van der Waals surface area contributed by atoms with Crippen molar-refractivity contribution in [3.05, 3.63) is 54.2 Å². The molecule has 1 unspecified atom stereocenters. The number of para-hydroxylation sites is 1. The highest BCUT2D eigenvalue weighted by molar-refractivity contribution is 6.03. The van der Waals surface area contributed by atoms with Gasteiger partial charge in [-0.1, -0.05) is 18.2 Å². The van der Waals surface area contributed by atoms with Gasteiger partial charge in [0.1, 0.15) is 0 Å². The zero-order valence-electron chi connectivity index (χ0n) is 16.1. The molecule has 1 aliphatic rings. The van der Waals surface area contributed by atoms with E-state index in [1.54, 1.807) is 6.07 Å². The molecule has 0 bridgehead atoms. The standard InChI is InChI=1S/C21H22N4O4/c1-14(29-21(27)19-17-4-2-3-5-18(17)23-24-19)20(26)22-15-6-8-16(9-7-15)25-10-12-28-13-11-25/h2-9,14H,10-13H2,1H3,(H,22,26)(H,23,24). The minimum atomic E-state index is -0.961. The molecule has 8 nitrogen and oxygen atoms in total. The fourth-order valence-corrected chi connectivity index (χ4v) is 3.21. The van der Waals surface area contributed by atoms with Crippen molar-refractivity contribution in [2.45, 2.75) is 13.0 Å². The summed E-state index contributed by atoms with van der Waals surface area (Å²) in [6.07, 6.45) is -0.961. The molecule has 1 atom stereocenters. The van der Waals surface area contributed by atoms with Gasteiger partial charge in [-0.25, -0.2) is 4.79 Å². The molecule has 1 amide bonds. The van der Waals surface area contributed by atoms with Crippen LogP contribution in [-0.2, 0) is 14.3 Å². The molecule has 2 N–H and O–H groups in total. The van der Waals surface area contributed by atoms with Crippen LogP contribution in [0.5, 0.6) is 0 Å². The van der Waals surface area contributed by atoms with Gasteiger partial charge in [0.2, 0.25) is 0 Å². The summed E-state index contributed by atoms with van der Waals surface area (Å²) >= 11 is 0. The van der Waals surface area contributed by atoms with Crippen molar-refractivity contribution in [2.24, 2.45) is 0 Å². The van der Waals surface area contributed by atoms with E-state index in [9.17, 15) is 9.59 Å². The zero-order chi connectivity index (χ0) is 20.2. The fraction of sp³-hybridized carbons (Fsp3) is 0.286. The smallest absolute Gasteiger partial charge is 0.360 e. The van der Waals surface area contributed by atoms with Gasteiger partial charge >= 0.3 is 5.97 Å². The number of rotatable bonds is 5. The number of aromatic nitrogens is 2. The molecule has 4 rings (SSSR count). The van der Waals surface area contributed by atoms with Crippen LogP contribution in [0.15, 0.2) is 48.5 Å². The average Bonchev–Trinajstić information content (AvgIpc) is 3.19. The third-order valence-corrected chi connectivity index (χ3v) is 4.83. The van der Waals surface area contributed by atoms with E-state index in [0.717, 1.165) is 24.3 Å². The molecule has 3 aromatic rings. The van der Waals surface area contributed by atoms with E-state index in [4.69, 9.17) is 9.47 Å². The first kappa shape index (κ1) is 18.9. The van der Waals surface area contributed by atoms with Gasteiger partial charge < -0.3 is 19.7 Å². The molecule has 0 spiro atoms. The predicted molar refractivity (Wildman–Crippen MR) is 109 cm³/mol. The number of hydrogen-bond donors (Lipinski definition) is 2. The molecular formula is C21H22N4O4. The summed E-state index contributed by atoms with van der Waals surface area (Å²) in [5.41, 5.74) is 2.61. The number of hydrogen-bond acceptors (Lipinski definition) is 6. The summed E-state index contributed by atoms with van der Waals surface area (Å²) in [7, 11) is 0. The summed E-state index contributed by atoms with van der Waals surface area (Å²) in [5, 5.41) is 10.2. The molecule has 1 aliphatic heterocycles.